The van der Waals surface area contributed by atoms with Crippen LogP contribution in [-0.4, -0.2) is 52.6 Å². The van der Waals surface area contributed by atoms with Crippen molar-refractivity contribution in [1.82, 2.24) is 15.0 Å². The summed E-state index contributed by atoms with van der Waals surface area (Å²) in [5.41, 5.74) is 0.686. The van der Waals surface area contributed by atoms with E-state index in [1.165, 1.54) is 12.1 Å². The van der Waals surface area contributed by atoms with Gasteiger partial charge in [-0.1, -0.05) is 5.16 Å². The molecule has 2 aromatic rings. The zero-order chi connectivity index (χ0) is 14.7. The normalized spacial score (nSPS) is 19.8. The van der Waals surface area contributed by atoms with Crippen molar-refractivity contribution in [2.24, 2.45) is 0 Å². The van der Waals surface area contributed by atoms with Crippen molar-refractivity contribution >= 4 is 0 Å². The van der Waals surface area contributed by atoms with Gasteiger partial charge in [0.2, 0.25) is 0 Å². The average Bonchev–Trinajstić information content (AvgIpc) is 2.96. The fraction of sp³-hybridized carbons (Fsp3) is 0.429. The minimum Gasteiger partial charge on any atom is -0.394 e. The Kier molecular flexibility index (Phi) is 4.23. The van der Waals surface area contributed by atoms with E-state index in [2.05, 4.69) is 15.0 Å². The first kappa shape index (κ1) is 14.1. The Labute approximate surface area is 121 Å². The molecule has 2 heterocycles. The second-order valence-electron chi connectivity index (χ2n) is 4.93. The van der Waals surface area contributed by atoms with Gasteiger partial charge in [0.05, 0.1) is 25.9 Å². The van der Waals surface area contributed by atoms with Crippen molar-refractivity contribution < 1.29 is 18.8 Å². The Bertz CT molecular complexity index is 587. The minimum atomic E-state index is -0.304. The number of rotatable bonds is 4. The van der Waals surface area contributed by atoms with Gasteiger partial charge in [-0.25, -0.2) is 4.39 Å². The zero-order valence-electron chi connectivity index (χ0n) is 11.4. The second-order valence-corrected chi connectivity index (χ2v) is 4.93. The van der Waals surface area contributed by atoms with Crippen LogP contribution < -0.4 is 0 Å². The lowest BCUT2D eigenvalue weighted by molar-refractivity contribution is -0.0558. The first-order chi connectivity index (χ1) is 10.2. The molecule has 0 saturated carbocycles. The molecule has 1 aromatic carbocycles. The van der Waals surface area contributed by atoms with Gasteiger partial charge in [0.15, 0.2) is 5.82 Å². The number of halogens is 1. The third-order valence-corrected chi connectivity index (χ3v) is 3.35. The third-order valence-electron chi connectivity index (χ3n) is 3.35. The van der Waals surface area contributed by atoms with Crippen molar-refractivity contribution in [1.29, 1.82) is 0 Å². The van der Waals surface area contributed by atoms with Gasteiger partial charge in [0.1, 0.15) is 5.82 Å². The Hall–Kier alpha value is -1.83. The molecule has 112 valence electrons. The largest absolute Gasteiger partial charge is 0.394 e. The molecule has 1 aliphatic rings. The number of nitrogens with zero attached hydrogens (tertiary/aromatic N) is 3. The molecule has 1 N–H and O–H groups in total. The van der Waals surface area contributed by atoms with E-state index in [0.29, 0.717) is 37.0 Å². The maximum Gasteiger partial charge on any atom is 0.257 e. The van der Waals surface area contributed by atoms with Crippen LogP contribution in [0.3, 0.4) is 0 Å². The van der Waals surface area contributed by atoms with Crippen molar-refractivity contribution in [2.75, 3.05) is 26.3 Å². The molecule has 1 aliphatic heterocycles. The molecule has 6 nitrogen and oxygen atoms in total. The highest BCUT2D eigenvalue weighted by Crippen LogP contribution is 2.18. The second kappa shape index (κ2) is 6.30. The van der Waals surface area contributed by atoms with E-state index >= 15 is 0 Å². The average molecular weight is 293 g/mol. The van der Waals surface area contributed by atoms with Crippen LogP contribution in [0, 0.1) is 5.82 Å². The summed E-state index contributed by atoms with van der Waals surface area (Å²) in [5.74, 6) is 0.631. The lowest BCUT2D eigenvalue weighted by Gasteiger charge is -2.30. The van der Waals surface area contributed by atoms with Gasteiger partial charge in [0, 0.05) is 18.7 Å². The number of benzene rings is 1. The highest BCUT2D eigenvalue weighted by atomic mass is 19.1. The van der Waals surface area contributed by atoms with E-state index in [9.17, 15) is 4.39 Å². The fourth-order valence-corrected chi connectivity index (χ4v) is 2.26. The number of hydrogen-bond acceptors (Lipinski definition) is 6. The predicted molar refractivity (Wildman–Crippen MR) is 71.8 cm³/mol. The summed E-state index contributed by atoms with van der Waals surface area (Å²) in [5, 5.41) is 13.1. The van der Waals surface area contributed by atoms with Crippen LogP contribution in [0.25, 0.3) is 11.5 Å². The monoisotopic (exact) mass is 293 g/mol. The van der Waals surface area contributed by atoms with E-state index in [1.807, 2.05) is 0 Å². The van der Waals surface area contributed by atoms with Gasteiger partial charge >= 0.3 is 0 Å². The molecule has 3 rings (SSSR count). The number of hydrogen-bond donors (Lipinski definition) is 1. The molecule has 1 unspecified atom stereocenters. The summed E-state index contributed by atoms with van der Waals surface area (Å²) in [4.78, 5) is 6.41. The van der Waals surface area contributed by atoms with E-state index in [1.54, 1.807) is 12.1 Å². The van der Waals surface area contributed by atoms with Gasteiger partial charge < -0.3 is 14.4 Å². The Morgan fingerprint density at radius 1 is 1.33 bits per heavy atom. The first-order valence-corrected chi connectivity index (χ1v) is 6.78. The molecule has 21 heavy (non-hydrogen) atoms. The predicted octanol–water partition coefficient (Wildman–Crippen LogP) is 1.07. The number of aliphatic hydroxyl groups is 1. The molecule has 1 fully saturated rings. The third kappa shape index (κ3) is 3.44. The summed E-state index contributed by atoms with van der Waals surface area (Å²) in [6.07, 6.45) is -0.165. The summed E-state index contributed by atoms with van der Waals surface area (Å²) in [6, 6.07) is 5.91. The quantitative estimate of drug-likeness (QED) is 0.909. The van der Waals surface area contributed by atoms with Gasteiger partial charge in [-0.05, 0) is 24.3 Å². The highest BCUT2D eigenvalue weighted by Gasteiger charge is 2.21. The zero-order valence-corrected chi connectivity index (χ0v) is 11.4. The number of aliphatic hydroxyl groups excluding tert-OH is 1. The molecule has 0 radical (unpaired) electrons. The summed E-state index contributed by atoms with van der Waals surface area (Å²) >= 11 is 0. The van der Waals surface area contributed by atoms with Crippen LogP contribution in [0.5, 0.6) is 0 Å². The van der Waals surface area contributed by atoms with E-state index < -0.39 is 0 Å². The van der Waals surface area contributed by atoms with Crippen molar-refractivity contribution in [3.05, 3.63) is 35.9 Å². The van der Waals surface area contributed by atoms with Crippen LogP contribution in [0.15, 0.2) is 28.8 Å². The van der Waals surface area contributed by atoms with E-state index in [4.69, 9.17) is 14.4 Å². The van der Waals surface area contributed by atoms with E-state index in [0.717, 1.165) is 6.54 Å². The van der Waals surface area contributed by atoms with Crippen molar-refractivity contribution in [3.8, 4) is 11.5 Å². The van der Waals surface area contributed by atoms with Gasteiger partial charge in [-0.2, -0.15) is 4.98 Å². The SMILES string of the molecule is OCC1CN(Cc2noc(-c3ccc(F)cc3)n2)CCO1. The molecule has 0 amide bonds. The number of ether oxygens (including phenoxy) is 1. The van der Waals surface area contributed by atoms with Crippen LogP contribution in [0.4, 0.5) is 4.39 Å². The molecule has 1 saturated heterocycles. The fourth-order valence-electron chi connectivity index (χ4n) is 2.26. The summed E-state index contributed by atoms with van der Waals surface area (Å²) in [6.45, 7) is 2.51. The number of aromatic nitrogens is 2. The topological polar surface area (TPSA) is 71.6 Å². The van der Waals surface area contributed by atoms with Crippen LogP contribution in [0.2, 0.25) is 0 Å². The molecule has 1 atom stereocenters. The summed E-state index contributed by atoms with van der Waals surface area (Å²) in [7, 11) is 0. The molecule has 1 aromatic heterocycles. The lowest BCUT2D eigenvalue weighted by Crippen LogP contribution is -2.43. The van der Waals surface area contributed by atoms with Crippen LogP contribution in [0.1, 0.15) is 5.82 Å². The Morgan fingerprint density at radius 2 is 2.14 bits per heavy atom. The van der Waals surface area contributed by atoms with Crippen molar-refractivity contribution in [3.63, 3.8) is 0 Å². The molecule has 0 aliphatic carbocycles. The van der Waals surface area contributed by atoms with Crippen LogP contribution >= 0.6 is 0 Å². The maximum absolute atomic E-state index is 12.9. The molecular weight excluding hydrogens is 277 g/mol. The first-order valence-electron chi connectivity index (χ1n) is 6.78. The minimum absolute atomic E-state index is 0.00355. The lowest BCUT2D eigenvalue weighted by atomic mass is 10.2. The van der Waals surface area contributed by atoms with Crippen LogP contribution in [-0.2, 0) is 11.3 Å². The molecule has 0 spiro atoms. The molecule has 0 bridgehead atoms. The summed E-state index contributed by atoms with van der Waals surface area (Å²) < 4.78 is 23.5. The highest BCUT2D eigenvalue weighted by molar-refractivity contribution is 5.52. The maximum atomic E-state index is 12.9. The Morgan fingerprint density at radius 3 is 2.90 bits per heavy atom. The van der Waals surface area contributed by atoms with Crippen molar-refractivity contribution in [2.45, 2.75) is 12.6 Å². The smallest absolute Gasteiger partial charge is 0.257 e. The number of morpholine rings is 1. The molecular formula is C14H16FN3O3. The van der Waals surface area contributed by atoms with Gasteiger partial charge in [-0.3, -0.25) is 4.90 Å². The van der Waals surface area contributed by atoms with E-state index in [-0.39, 0.29) is 18.5 Å². The standard InChI is InChI=1S/C14H16FN3O3/c15-11-3-1-10(2-4-11)14-16-13(17-21-14)8-18-5-6-20-12(7-18)9-19/h1-4,12,19H,5-9H2. The van der Waals surface area contributed by atoms with Gasteiger partial charge in [0.25, 0.3) is 5.89 Å². The molecule has 7 heteroatoms. The van der Waals surface area contributed by atoms with Gasteiger partial charge in [-0.15, -0.1) is 0 Å². The Balaban J connectivity index is 1.66.